The molecule has 0 unspecified atom stereocenters. The highest BCUT2D eigenvalue weighted by atomic mass is 32.2. The summed E-state index contributed by atoms with van der Waals surface area (Å²) in [6, 6.07) is 21.3. The first-order valence-corrected chi connectivity index (χ1v) is 14.9. The third-order valence-electron chi connectivity index (χ3n) is 7.06. The van der Waals surface area contributed by atoms with E-state index in [9.17, 15) is 23.1 Å². The molecule has 1 aliphatic rings. The predicted octanol–water partition coefficient (Wildman–Crippen LogP) is 3.74. The molecular formula is C30H33N3O6S. The summed E-state index contributed by atoms with van der Waals surface area (Å²) in [6.45, 7) is 0.494. The molecule has 1 fully saturated rings. The Kier molecular flexibility index (Phi) is 8.89. The molecule has 9 nitrogen and oxygen atoms in total. The van der Waals surface area contributed by atoms with E-state index in [1.807, 2.05) is 30.3 Å². The minimum absolute atomic E-state index is 0.0164. The van der Waals surface area contributed by atoms with Crippen LogP contribution in [0.3, 0.4) is 0 Å². The van der Waals surface area contributed by atoms with E-state index in [2.05, 4.69) is 0 Å². The van der Waals surface area contributed by atoms with Crippen molar-refractivity contribution < 1.29 is 27.9 Å². The molecule has 0 saturated carbocycles. The van der Waals surface area contributed by atoms with Crippen LogP contribution in [0.2, 0.25) is 0 Å². The molecular weight excluding hydrogens is 530 g/mol. The maximum absolute atomic E-state index is 13.1. The van der Waals surface area contributed by atoms with Crippen LogP contribution in [0.25, 0.3) is 11.1 Å². The van der Waals surface area contributed by atoms with Crippen molar-refractivity contribution in [3.05, 3.63) is 83.9 Å². The maximum Gasteiger partial charge on any atom is 0.304 e. The van der Waals surface area contributed by atoms with Gasteiger partial charge in [-0.1, -0.05) is 60.7 Å². The van der Waals surface area contributed by atoms with Crippen LogP contribution in [-0.2, 0) is 25.8 Å². The van der Waals surface area contributed by atoms with Crippen LogP contribution in [0.5, 0.6) is 5.75 Å². The van der Waals surface area contributed by atoms with Gasteiger partial charge in [0.15, 0.2) is 9.84 Å². The lowest BCUT2D eigenvalue weighted by molar-refractivity contribution is -0.142. The summed E-state index contributed by atoms with van der Waals surface area (Å²) in [5.41, 5.74) is 8.65. The van der Waals surface area contributed by atoms with E-state index in [1.165, 1.54) is 6.07 Å². The Hall–Kier alpha value is -4.18. The van der Waals surface area contributed by atoms with E-state index in [1.54, 1.807) is 41.3 Å². The van der Waals surface area contributed by atoms with Crippen LogP contribution in [0.1, 0.15) is 30.4 Å². The fourth-order valence-electron chi connectivity index (χ4n) is 5.03. The number of nitrogen functional groups attached to an aromatic ring is 1. The lowest BCUT2D eigenvalue weighted by Gasteiger charge is -2.25. The molecule has 3 aromatic rings. The van der Waals surface area contributed by atoms with Crippen molar-refractivity contribution in [3.8, 4) is 16.9 Å². The molecule has 0 aliphatic carbocycles. The fraction of sp³-hybridized carbons (Fsp3) is 0.300. The number of benzene rings is 3. The van der Waals surface area contributed by atoms with E-state index in [4.69, 9.17) is 15.9 Å². The van der Waals surface area contributed by atoms with Crippen molar-refractivity contribution in [2.24, 2.45) is 11.7 Å². The Morgan fingerprint density at radius 1 is 1.07 bits per heavy atom. The topological polar surface area (TPSA) is 151 Å². The summed E-state index contributed by atoms with van der Waals surface area (Å²) >= 11 is 0. The van der Waals surface area contributed by atoms with Crippen molar-refractivity contribution in [1.29, 1.82) is 5.41 Å². The number of hydrogen-bond acceptors (Lipinski definition) is 6. The van der Waals surface area contributed by atoms with Crippen LogP contribution in [0.4, 0.5) is 0 Å². The fourth-order valence-corrected chi connectivity index (χ4v) is 5.86. The van der Waals surface area contributed by atoms with Gasteiger partial charge in [-0.15, -0.1) is 0 Å². The summed E-state index contributed by atoms with van der Waals surface area (Å²) < 4.78 is 31.4. The number of nitrogens with one attached hydrogen (secondary N) is 1. The monoisotopic (exact) mass is 563 g/mol. The number of nitrogens with zero attached hydrogens (tertiary/aromatic N) is 1. The number of ether oxygens (including phenoxy) is 1. The molecule has 1 saturated heterocycles. The van der Waals surface area contributed by atoms with E-state index < -0.39 is 21.7 Å². The molecule has 0 spiro atoms. The van der Waals surface area contributed by atoms with Gasteiger partial charge in [-0.25, -0.2) is 8.42 Å². The maximum atomic E-state index is 13.1. The minimum atomic E-state index is -3.66. The number of likely N-dealkylation sites (tertiary alicyclic amines) is 1. The van der Waals surface area contributed by atoms with Crippen LogP contribution < -0.4 is 10.5 Å². The number of sulfone groups is 1. The van der Waals surface area contributed by atoms with Gasteiger partial charge in [0.1, 0.15) is 23.1 Å². The number of carbonyl (C=O) groups is 2. The third-order valence-corrected chi connectivity index (χ3v) is 8.18. The highest BCUT2D eigenvalue weighted by Gasteiger charge is 2.40. The van der Waals surface area contributed by atoms with Crippen molar-refractivity contribution in [1.82, 2.24) is 4.90 Å². The molecule has 40 heavy (non-hydrogen) atoms. The lowest BCUT2D eigenvalue weighted by atomic mass is 10.0. The standard InChI is InChI=1S/C30H33N3O6S/c1-40(37,38)27-17-23(21-9-11-22(12-10-21)29(31)32)13-14-26(27)39-19-25-16-24(18-28(34)35)30(36)33(25)15-5-8-20-6-3-2-4-7-20/h2-4,6-7,9-14,17,24-25H,5,8,15-16,18-19H2,1H3,(H3,31,32)(H,34,35)/t24-,25-/m0/s1. The van der Waals surface area contributed by atoms with Gasteiger partial charge in [0.2, 0.25) is 5.91 Å². The number of aliphatic carboxylic acids is 1. The van der Waals surface area contributed by atoms with Crippen LogP contribution in [-0.4, -0.2) is 61.6 Å². The molecule has 1 aliphatic heterocycles. The molecule has 1 amide bonds. The van der Waals surface area contributed by atoms with Gasteiger partial charge in [-0.05, 0) is 48.1 Å². The quantitative estimate of drug-likeness (QED) is 0.224. The predicted molar refractivity (Wildman–Crippen MR) is 152 cm³/mol. The second-order valence-corrected chi connectivity index (χ2v) is 12.0. The molecule has 2 atom stereocenters. The summed E-state index contributed by atoms with van der Waals surface area (Å²) in [5, 5.41) is 16.8. The summed E-state index contributed by atoms with van der Waals surface area (Å²) in [7, 11) is -3.66. The zero-order chi connectivity index (χ0) is 28.9. The van der Waals surface area contributed by atoms with E-state index in [0.717, 1.165) is 23.8 Å². The van der Waals surface area contributed by atoms with Gasteiger partial charge in [0.05, 0.1) is 18.4 Å². The Labute approximate surface area is 234 Å². The molecule has 0 radical (unpaired) electrons. The number of aryl methyl sites for hydroxylation is 1. The second-order valence-electron chi connectivity index (χ2n) is 10.0. The van der Waals surface area contributed by atoms with E-state index in [-0.39, 0.29) is 41.5 Å². The van der Waals surface area contributed by atoms with Crippen LogP contribution >= 0.6 is 0 Å². The Bertz CT molecular complexity index is 1490. The van der Waals surface area contributed by atoms with Crippen molar-refractivity contribution >= 4 is 27.5 Å². The SMILES string of the molecule is CS(=O)(=O)c1cc(-c2ccc(C(=N)N)cc2)ccc1OC[C@@H]1C[C@@H](CC(=O)O)C(=O)N1CCCc1ccccc1. The van der Waals surface area contributed by atoms with Gasteiger partial charge in [0, 0.05) is 18.4 Å². The molecule has 4 N–H and O–H groups in total. The average molecular weight is 564 g/mol. The highest BCUT2D eigenvalue weighted by Crippen LogP contribution is 2.33. The van der Waals surface area contributed by atoms with Crippen LogP contribution in [0, 0.1) is 11.3 Å². The van der Waals surface area contributed by atoms with Gasteiger partial charge in [-0.2, -0.15) is 0 Å². The number of hydrogen-bond donors (Lipinski definition) is 3. The number of amidine groups is 1. The Balaban J connectivity index is 1.52. The first kappa shape index (κ1) is 28.8. The Morgan fingerprint density at radius 2 is 1.75 bits per heavy atom. The number of nitrogens with two attached hydrogens (primary N) is 1. The first-order chi connectivity index (χ1) is 19.0. The second kappa shape index (κ2) is 12.3. The number of rotatable bonds is 12. The molecule has 210 valence electrons. The number of carbonyl (C=O) groups excluding carboxylic acids is 1. The molecule has 0 bridgehead atoms. The lowest BCUT2D eigenvalue weighted by Crippen LogP contribution is -2.38. The minimum Gasteiger partial charge on any atom is -0.490 e. The molecule has 0 aromatic heterocycles. The average Bonchev–Trinajstić information content (AvgIpc) is 3.20. The van der Waals surface area contributed by atoms with Crippen LogP contribution in [0.15, 0.2) is 77.7 Å². The largest absolute Gasteiger partial charge is 0.490 e. The van der Waals surface area contributed by atoms with E-state index in [0.29, 0.717) is 30.5 Å². The molecule has 3 aromatic carbocycles. The zero-order valence-corrected chi connectivity index (χ0v) is 23.1. The first-order valence-electron chi connectivity index (χ1n) is 13.0. The highest BCUT2D eigenvalue weighted by molar-refractivity contribution is 7.90. The number of carboxylic acids is 1. The summed E-state index contributed by atoms with van der Waals surface area (Å²) in [6.07, 6.45) is 2.66. The normalized spacial score (nSPS) is 17.1. The smallest absolute Gasteiger partial charge is 0.304 e. The zero-order valence-electron chi connectivity index (χ0n) is 22.2. The van der Waals surface area contributed by atoms with Crippen molar-refractivity contribution in [2.75, 3.05) is 19.4 Å². The van der Waals surface area contributed by atoms with E-state index >= 15 is 0 Å². The van der Waals surface area contributed by atoms with Gasteiger partial charge in [0.25, 0.3) is 0 Å². The number of amides is 1. The summed E-state index contributed by atoms with van der Waals surface area (Å²) in [4.78, 5) is 26.2. The summed E-state index contributed by atoms with van der Waals surface area (Å²) in [5.74, 6) is -1.77. The van der Waals surface area contributed by atoms with Crippen molar-refractivity contribution in [2.45, 2.75) is 36.6 Å². The third kappa shape index (κ3) is 7.06. The molecule has 10 heteroatoms. The molecule has 1 heterocycles. The Morgan fingerprint density at radius 3 is 2.38 bits per heavy atom. The molecule has 4 rings (SSSR count). The number of carboxylic acid groups (broad SMARTS) is 1. The van der Waals surface area contributed by atoms with Crippen molar-refractivity contribution in [3.63, 3.8) is 0 Å². The van der Waals surface area contributed by atoms with Gasteiger partial charge < -0.3 is 20.5 Å². The van der Waals surface area contributed by atoms with Gasteiger partial charge in [-0.3, -0.25) is 15.0 Å². The van der Waals surface area contributed by atoms with Gasteiger partial charge >= 0.3 is 5.97 Å².